The maximum absolute atomic E-state index is 14.7. The molecule has 0 radical (unpaired) electrons. The van der Waals surface area contributed by atoms with Gasteiger partial charge >= 0.3 is 0 Å². The number of para-hydroxylation sites is 1. The van der Waals surface area contributed by atoms with Gasteiger partial charge in [0.25, 0.3) is 20.0 Å². The highest BCUT2D eigenvalue weighted by molar-refractivity contribution is 8.04. The van der Waals surface area contributed by atoms with Gasteiger partial charge in [0.15, 0.2) is 28.2 Å². The topological polar surface area (TPSA) is 106 Å². The molecule has 0 amide bonds. The van der Waals surface area contributed by atoms with Crippen molar-refractivity contribution in [2.24, 2.45) is 4.99 Å². The fraction of sp³-hybridized carbons (Fsp3) is 0.196. The molecule has 1 heterocycles. The third-order valence-corrected chi connectivity index (χ3v) is 14.2. The minimum atomic E-state index is -5.93. The van der Waals surface area contributed by atoms with Gasteiger partial charge in [-0.3, -0.25) is 0 Å². The molecule has 0 saturated heterocycles. The molecule has 0 spiro atoms. The zero-order valence-electron chi connectivity index (χ0n) is 33.0. The Bertz CT molecular complexity index is 3020. The lowest BCUT2D eigenvalue weighted by Crippen LogP contribution is -2.33. The predicted octanol–water partition coefficient (Wildman–Crippen LogP) is 10.6. The molecule has 14 heteroatoms. The van der Waals surface area contributed by atoms with Crippen LogP contribution in [0.5, 0.6) is 0 Å². The van der Waals surface area contributed by atoms with Gasteiger partial charge in [0.1, 0.15) is 11.3 Å². The fourth-order valence-electron chi connectivity index (χ4n) is 7.62. The molecule has 7 rings (SSSR count). The molecule has 5 aromatic carbocycles. The van der Waals surface area contributed by atoms with Crippen molar-refractivity contribution in [3.63, 3.8) is 0 Å². The summed E-state index contributed by atoms with van der Waals surface area (Å²) in [5, 5.41) is 0.981. The molecular weight excluding hydrogens is 820 g/mol. The van der Waals surface area contributed by atoms with Gasteiger partial charge in [0.05, 0.1) is 15.9 Å². The average Bonchev–Trinajstić information content (AvgIpc) is 3.23. The van der Waals surface area contributed by atoms with Crippen LogP contribution >= 0.6 is 0 Å². The number of halogens is 5. The summed E-state index contributed by atoms with van der Waals surface area (Å²) in [5.41, 5.74) is 8.40. The molecule has 1 aliphatic carbocycles. The average molecular weight is 859 g/mol. The lowest BCUT2D eigenvalue weighted by atomic mass is 9.90. The van der Waals surface area contributed by atoms with Gasteiger partial charge in [-0.1, -0.05) is 94.4 Å². The standard InChI is InChI=1S/C46H39F5N2O5S2/c1-5-27-13-11-14-28(6-2)35(27)23-26-19-21-32-36(24-26)58-37-25-31(52-45-29(7-3)15-12-16-30(45)8-4)20-22-33(37)39(32)34-17-9-10-18-38(34)59(54,55)53-60(56,57)46-43(50)41(48)40(47)42(49)44(46)51/h9-22,24-25,53H,5-8,23H2,1-4H3/b52-31+. The van der Waals surface area contributed by atoms with E-state index in [1.54, 1.807) is 24.3 Å². The van der Waals surface area contributed by atoms with E-state index in [1.165, 1.54) is 39.0 Å². The summed E-state index contributed by atoms with van der Waals surface area (Å²) in [7, 11) is -11.3. The minimum Gasteiger partial charge on any atom is -0.456 e. The van der Waals surface area contributed by atoms with Gasteiger partial charge < -0.3 is 4.42 Å². The van der Waals surface area contributed by atoms with Crippen molar-refractivity contribution in [1.29, 1.82) is 0 Å². The molecule has 0 bridgehead atoms. The highest BCUT2D eigenvalue weighted by Gasteiger charge is 2.37. The van der Waals surface area contributed by atoms with Crippen LogP contribution in [0.4, 0.5) is 27.6 Å². The molecule has 2 aliphatic rings. The Morgan fingerprint density at radius 3 is 1.75 bits per heavy atom. The zero-order chi connectivity index (χ0) is 43.1. The van der Waals surface area contributed by atoms with Crippen molar-refractivity contribution in [3.8, 4) is 22.5 Å². The third-order valence-electron chi connectivity index (χ3n) is 10.6. The molecular formula is C46H39F5N2O5S2. The summed E-state index contributed by atoms with van der Waals surface area (Å²) in [6, 6.07) is 28.2. The maximum atomic E-state index is 14.7. The van der Waals surface area contributed by atoms with E-state index in [0.717, 1.165) is 54.1 Å². The maximum Gasteiger partial charge on any atom is 0.259 e. The summed E-state index contributed by atoms with van der Waals surface area (Å²) in [4.78, 5) is 2.00. The van der Waals surface area contributed by atoms with Gasteiger partial charge in [-0.2, -0.15) is 0 Å². The van der Waals surface area contributed by atoms with Crippen LogP contribution in [0.3, 0.4) is 0 Å². The van der Waals surface area contributed by atoms with E-state index in [2.05, 4.69) is 26.0 Å². The number of nitrogens with one attached hydrogen (secondary N) is 1. The number of rotatable bonds is 12. The smallest absolute Gasteiger partial charge is 0.259 e. The predicted molar refractivity (Wildman–Crippen MR) is 220 cm³/mol. The van der Waals surface area contributed by atoms with Crippen molar-refractivity contribution in [1.82, 2.24) is 4.13 Å². The molecule has 0 fully saturated rings. The molecule has 1 aliphatic heterocycles. The third kappa shape index (κ3) is 7.75. The van der Waals surface area contributed by atoms with Crippen LogP contribution in [0.25, 0.3) is 33.4 Å². The van der Waals surface area contributed by atoms with Crippen molar-refractivity contribution in [2.45, 2.75) is 69.6 Å². The quantitative estimate of drug-likeness (QED) is 0.0570. The van der Waals surface area contributed by atoms with E-state index in [1.807, 2.05) is 50.2 Å². The first-order chi connectivity index (χ1) is 28.6. The van der Waals surface area contributed by atoms with Crippen LogP contribution in [0.2, 0.25) is 0 Å². The lowest BCUT2D eigenvalue weighted by molar-refractivity contribution is 0.357. The number of sulfonamides is 2. The largest absolute Gasteiger partial charge is 0.456 e. The van der Waals surface area contributed by atoms with Gasteiger partial charge in [-0.15, -0.1) is 4.13 Å². The summed E-state index contributed by atoms with van der Waals surface area (Å²) in [6.45, 7) is 8.26. The van der Waals surface area contributed by atoms with Crippen LogP contribution in [-0.4, -0.2) is 16.8 Å². The van der Waals surface area contributed by atoms with Crippen molar-refractivity contribution < 1.29 is 43.2 Å². The van der Waals surface area contributed by atoms with Gasteiger partial charge in [-0.05, 0) is 89.8 Å². The SMILES string of the molecule is CCc1cccc(CC)c1Cc1ccc2c(-c3ccccc3S(=O)(=O)NS(=O)(=O)c3c(F)c(F)c(F)c(F)c3F)c3cc/c(=N\c4c(CC)cccc4CC)cc-3oc2c1. The van der Waals surface area contributed by atoms with Gasteiger partial charge in [0, 0.05) is 28.1 Å². The fourth-order valence-corrected chi connectivity index (χ4v) is 10.8. The second-order valence-corrected chi connectivity index (χ2v) is 17.7. The molecule has 0 atom stereocenters. The van der Waals surface area contributed by atoms with Gasteiger partial charge in [-0.25, -0.2) is 43.8 Å². The number of fused-ring (bicyclic) bond motifs is 2. The first-order valence-electron chi connectivity index (χ1n) is 19.3. The van der Waals surface area contributed by atoms with Crippen molar-refractivity contribution in [3.05, 3.63) is 165 Å². The molecule has 0 unspecified atom stereocenters. The van der Waals surface area contributed by atoms with E-state index in [4.69, 9.17) is 9.41 Å². The Morgan fingerprint density at radius 1 is 0.583 bits per heavy atom. The Kier molecular flexibility index (Phi) is 11.8. The highest BCUT2D eigenvalue weighted by Crippen LogP contribution is 2.43. The minimum absolute atomic E-state index is 0.0463. The van der Waals surface area contributed by atoms with Crippen LogP contribution in [-0.2, 0) is 52.2 Å². The van der Waals surface area contributed by atoms with Gasteiger partial charge in [0.2, 0.25) is 5.82 Å². The molecule has 310 valence electrons. The molecule has 5 aromatic rings. The number of nitrogens with zero attached hydrogens (tertiary/aromatic N) is 1. The molecule has 1 N–H and O–H groups in total. The second-order valence-electron chi connectivity index (χ2n) is 14.2. The second kappa shape index (κ2) is 16.7. The first kappa shape index (κ1) is 42.4. The highest BCUT2D eigenvalue weighted by atomic mass is 32.3. The number of benzene rings is 6. The number of hydrogen-bond acceptors (Lipinski definition) is 6. The Morgan fingerprint density at radius 2 is 1.15 bits per heavy atom. The van der Waals surface area contributed by atoms with Crippen molar-refractivity contribution >= 4 is 36.7 Å². The van der Waals surface area contributed by atoms with Crippen molar-refractivity contribution in [2.75, 3.05) is 0 Å². The number of hydrogen-bond donors (Lipinski definition) is 1. The van der Waals surface area contributed by atoms with E-state index in [-0.39, 0.29) is 5.56 Å². The molecule has 0 saturated carbocycles. The lowest BCUT2D eigenvalue weighted by Gasteiger charge is -2.19. The van der Waals surface area contributed by atoms with Crippen LogP contribution < -0.4 is 9.48 Å². The molecule has 0 aromatic heterocycles. The Hall–Kier alpha value is -5.70. The van der Waals surface area contributed by atoms with E-state index in [9.17, 15) is 38.8 Å². The zero-order valence-corrected chi connectivity index (χ0v) is 34.6. The van der Waals surface area contributed by atoms with E-state index < -0.39 is 58.9 Å². The van der Waals surface area contributed by atoms with E-state index >= 15 is 0 Å². The number of aryl methyl sites for hydroxylation is 4. The Balaban J connectivity index is 1.46. The summed E-state index contributed by atoms with van der Waals surface area (Å²) >= 11 is 0. The van der Waals surface area contributed by atoms with Crippen LogP contribution in [0, 0.1) is 29.1 Å². The first-order valence-corrected chi connectivity index (χ1v) is 22.2. The monoisotopic (exact) mass is 858 g/mol. The van der Waals surface area contributed by atoms with Crippen LogP contribution in [0.1, 0.15) is 61.1 Å². The normalized spacial score (nSPS) is 12.5. The molecule has 60 heavy (non-hydrogen) atoms. The summed E-state index contributed by atoms with van der Waals surface area (Å²) in [6.07, 6.45) is 3.69. The Labute approximate surface area is 344 Å². The molecule has 7 nitrogen and oxygen atoms in total. The van der Waals surface area contributed by atoms with E-state index in [0.29, 0.717) is 39.6 Å². The summed E-state index contributed by atoms with van der Waals surface area (Å²) < 4.78 is 134. The van der Waals surface area contributed by atoms with Crippen LogP contribution in [0.15, 0.2) is 116 Å². The summed E-state index contributed by atoms with van der Waals surface area (Å²) in [5.74, 6) is -12.9.